The van der Waals surface area contributed by atoms with Gasteiger partial charge in [-0.2, -0.15) is 0 Å². The molecule has 1 aliphatic rings. The van der Waals surface area contributed by atoms with E-state index >= 15 is 0 Å². The maximum atomic E-state index is 8.77. The van der Waals surface area contributed by atoms with Gasteiger partial charge in [-0.05, 0) is 32.1 Å². The first-order valence-electron chi connectivity index (χ1n) is 7.22. The van der Waals surface area contributed by atoms with E-state index in [1.807, 2.05) is 13.0 Å². The summed E-state index contributed by atoms with van der Waals surface area (Å²) in [6.07, 6.45) is 6.12. The minimum Gasteiger partial charge on any atom is -0.396 e. The first-order valence-corrected chi connectivity index (χ1v) is 7.22. The van der Waals surface area contributed by atoms with Gasteiger partial charge in [0.05, 0.1) is 0 Å². The number of hydrogen-bond acceptors (Lipinski definition) is 5. The minimum atomic E-state index is 0.198. The van der Waals surface area contributed by atoms with E-state index in [-0.39, 0.29) is 6.61 Å². The summed E-state index contributed by atoms with van der Waals surface area (Å²) in [7, 11) is 0. The molecule has 0 radical (unpaired) electrons. The van der Waals surface area contributed by atoms with Gasteiger partial charge >= 0.3 is 0 Å². The third-order valence-electron chi connectivity index (χ3n) is 3.53. The molecular weight excluding hydrogens is 240 g/mol. The number of hydrogen-bond donors (Lipinski definition) is 3. The lowest BCUT2D eigenvalue weighted by molar-refractivity contribution is 0.292. The Labute approximate surface area is 114 Å². The molecule has 1 aliphatic carbocycles. The second-order valence-corrected chi connectivity index (χ2v) is 5.22. The molecule has 0 aliphatic heterocycles. The van der Waals surface area contributed by atoms with Gasteiger partial charge in [0.25, 0.3) is 0 Å². The largest absolute Gasteiger partial charge is 0.396 e. The molecule has 0 atom stereocenters. The molecule has 0 saturated heterocycles. The van der Waals surface area contributed by atoms with Crippen molar-refractivity contribution < 1.29 is 5.11 Å². The van der Waals surface area contributed by atoms with Crippen molar-refractivity contribution in [2.24, 2.45) is 5.92 Å². The standard InChI is InChI=1S/C14H24N4O/c1-11-17-13(15-7-4-8-19)9-14(18-11)16-10-12-5-2-3-6-12/h9,12,19H,2-8,10H2,1H3,(H2,15,16,17,18). The Hall–Kier alpha value is -1.36. The number of nitrogens with one attached hydrogen (secondary N) is 2. The molecule has 0 amide bonds. The number of aryl methyl sites for hydroxylation is 1. The first kappa shape index (κ1) is 14.1. The fourth-order valence-corrected chi connectivity index (χ4v) is 2.51. The summed E-state index contributed by atoms with van der Waals surface area (Å²) in [5, 5.41) is 15.4. The van der Waals surface area contributed by atoms with Gasteiger partial charge in [-0.15, -0.1) is 0 Å². The van der Waals surface area contributed by atoms with Crippen molar-refractivity contribution in [2.75, 3.05) is 30.3 Å². The Bertz CT molecular complexity index is 391. The van der Waals surface area contributed by atoms with Gasteiger partial charge in [0.2, 0.25) is 0 Å². The number of anilines is 2. The lowest BCUT2D eigenvalue weighted by atomic mass is 10.1. The van der Waals surface area contributed by atoms with E-state index in [1.165, 1.54) is 25.7 Å². The molecule has 1 heterocycles. The van der Waals surface area contributed by atoms with Crippen LogP contribution in [0.2, 0.25) is 0 Å². The number of aliphatic hydroxyl groups is 1. The van der Waals surface area contributed by atoms with Crippen LogP contribution in [-0.2, 0) is 0 Å². The highest BCUT2D eigenvalue weighted by atomic mass is 16.3. The van der Waals surface area contributed by atoms with Crippen molar-refractivity contribution in [2.45, 2.75) is 39.0 Å². The van der Waals surface area contributed by atoms with Crippen molar-refractivity contribution in [3.63, 3.8) is 0 Å². The predicted molar refractivity (Wildman–Crippen MR) is 77.4 cm³/mol. The Balaban J connectivity index is 1.87. The summed E-state index contributed by atoms with van der Waals surface area (Å²) < 4.78 is 0. The number of nitrogens with zero attached hydrogens (tertiary/aromatic N) is 2. The zero-order valence-electron chi connectivity index (χ0n) is 11.7. The molecule has 19 heavy (non-hydrogen) atoms. The average molecular weight is 264 g/mol. The molecule has 1 saturated carbocycles. The van der Waals surface area contributed by atoms with Crippen LogP contribution in [0.1, 0.15) is 37.9 Å². The third-order valence-corrected chi connectivity index (χ3v) is 3.53. The average Bonchev–Trinajstić information content (AvgIpc) is 2.89. The Morgan fingerprint density at radius 1 is 1.21 bits per heavy atom. The molecule has 5 nitrogen and oxygen atoms in total. The molecule has 106 valence electrons. The van der Waals surface area contributed by atoms with Crippen LogP contribution in [0.25, 0.3) is 0 Å². The van der Waals surface area contributed by atoms with Crippen LogP contribution in [0.15, 0.2) is 6.07 Å². The molecule has 0 unspecified atom stereocenters. The minimum absolute atomic E-state index is 0.198. The van der Waals surface area contributed by atoms with E-state index in [9.17, 15) is 0 Å². The quantitative estimate of drug-likeness (QED) is 0.659. The molecule has 5 heteroatoms. The molecule has 2 rings (SSSR count). The van der Waals surface area contributed by atoms with Crippen molar-refractivity contribution in [3.05, 3.63) is 11.9 Å². The van der Waals surface area contributed by atoms with Gasteiger partial charge in [0.15, 0.2) is 0 Å². The molecule has 0 spiro atoms. The summed E-state index contributed by atoms with van der Waals surface area (Å²) in [6.45, 7) is 3.84. The second kappa shape index (κ2) is 7.28. The van der Waals surface area contributed by atoms with Crippen molar-refractivity contribution in [3.8, 4) is 0 Å². The summed E-state index contributed by atoms with van der Waals surface area (Å²) in [5.74, 6) is 3.28. The van der Waals surface area contributed by atoms with E-state index < -0.39 is 0 Å². The number of rotatable bonds is 7. The van der Waals surface area contributed by atoms with Crippen LogP contribution in [0.4, 0.5) is 11.6 Å². The van der Waals surface area contributed by atoms with Crippen molar-refractivity contribution in [1.29, 1.82) is 0 Å². The van der Waals surface area contributed by atoms with Gasteiger partial charge < -0.3 is 15.7 Å². The molecule has 3 N–H and O–H groups in total. The van der Waals surface area contributed by atoms with Gasteiger partial charge in [0.1, 0.15) is 17.5 Å². The summed E-state index contributed by atoms with van der Waals surface area (Å²) in [6, 6.07) is 1.94. The molecule has 1 aromatic rings. The van der Waals surface area contributed by atoms with E-state index in [1.54, 1.807) is 0 Å². The van der Waals surface area contributed by atoms with E-state index in [0.717, 1.165) is 42.9 Å². The van der Waals surface area contributed by atoms with Crippen LogP contribution in [0.3, 0.4) is 0 Å². The van der Waals surface area contributed by atoms with Crippen LogP contribution < -0.4 is 10.6 Å². The van der Waals surface area contributed by atoms with Crippen LogP contribution in [-0.4, -0.2) is 34.8 Å². The van der Waals surface area contributed by atoms with E-state index in [2.05, 4.69) is 20.6 Å². The zero-order chi connectivity index (χ0) is 13.5. The van der Waals surface area contributed by atoms with E-state index in [0.29, 0.717) is 0 Å². The lowest BCUT2D eigenvalue weighted by Crippen LogP contribution is -2.13. The molecule has 0 aromatic carbocycles. The summed E-state index contributed by atoms with van der Waals surface area (Å²) >= 11 is 0. The first-order chi connectivity index (χ1) is 9.28. The van der Waals surface area contributed by atoms with E-state index in [4.69, 9.17) is 5.11 Å². The number of aromatic nitrogens is 2. The Morgan fingerprint density at radius 3 is 2.58 bits per heavy atom. The molecular formula is C14H24N4O. The molecule has 1 aromatic heterocycles. The Kier molecular flexibility index (Phi) is 5.39. The Morgan fingerprint density at radius 2 is 1.89 bits per heavy atom. The lowest BCUT2D eigenvalue weighted by Gasteiger charge is -2.13. The van der Waals surface area contributed by atoms with Crippen LogP contribution in [0.5, 0.6) is 0 Å². The van der Waals surface area contributed by atoms with Gasteiger partial charge in [0, 0.05) is 25.8 Å². The highest BCUT2D eigenvalue weighted by molar-refractivity contribution is 5.47. The smallest absolute Gasteiger partial charge is 0.131 e. The highest BCUT2D eigenvalue weighted by Gasteiger charge is 2.14. The third kappa shape index (κ3) is 4.67. The second-order valence-electron chi connectivity index (χ2n) is 5.22. The van der Waals surface area contributed by atoms with Gasteiger partial charge in [-0.1, -0.05) is 12.8 Å². The molecule has 0 bridgehead atoms. The fraction of sp³-hybridized carbons (Fsp3) is 0.714. The summed E-state index contributed by atoms with van der Waals surface area (Å²) in [5.41, 5.74) is 0. The maximum absolute atomic E-state index is 8.77. The summed E-state index contributed by atoms with van der Waals surface area (Å²) in [4.78, 5) is 8.75. The van der Waals surface area contributed by atoms with Crippen LogP contribution in [0, 0.1) is 12.8 Å². The van der Waals surface area contributed by atoms with Gasteiger partial charge in [-0.3, -0.25) is 0 Å². The van der Waals surface area contributed by atoms with Crippen molar-refractivity contribution in [1.82, 2.24) is 9.97 Å². The number of aliphatic hydroxyl groups excluding tert-OH is 1. The predicted octanol–water partition coefficient (Wildman–Crippen LogP) is 2.18. The monoisotopic (exact) mass is 264 g/mol. The molecule has 1 fully saturated rings. The van der Waals surface area contributed by atoms with Crippen molar-refractivity contribution >= 4 is 11.6 Å². The normalized spacial score (nSPS) is 15.7. The fourth-order valence-electron chi connectivity index (χ4n) is 2.51. The topological polar surface area (TPSA) is 70.1 Å². The zero-order valence-corrected chi connectivity index (χ0v) is 11.7. The van der Waals surface area contributed by atoms with Crippen LogP contribution >= 0.6 is 0 Å². The maximum Gasteiger partial charge on any atom is 0.131 e. The highest BCUT2D eigenvalue weighted by Crippen LogP contribution is 2.24. The SMILES string of the molecule is Cc1nc(NCCCO)cc(NCC2CCCC2)n1. The van der Waals surface area contributed by atoms with Gasteiger partial charge in [-0.25, -0.2) is 9.97 Å².